The maximum Gasteiger partial charge on any atom is 0.123 e. The van der Waals surface area contributed by atoms with E-state index in [0.717, 1.165) is 23.2 Å². The molecule has 0 amide bonds. The number of hydrogen-bond acceptors (Lipinski definition) is 1. The van der Waals surface area contributed by atoms with E-state index in [1.165, 1.54) is 0 Å². The number of halogens is 1. The average Bonchev–Trinajstić information content (AvgIpc) is 2.17. The normalized spacial score (nSPS) is 19.7. The molecule has 1 nitrogen and oxygen atoms in total. The summed E-state index contributed by atoms with van der Waals surface area (Å²) in [4.78, 5) is 4.46. The third-order valence-electron chi connectivity index (χ3n) is 3.12. The van der Waals surface area contributed by atoms with Crippen molar-refractivity contribution in [2.75, 3.05) is 0 Å². The SMILES string of the molecule is CC1CC=Nc2c1cc(F)cc2C(C)(C)C. The van der Waals surface area contributed by atoms with Crippen LogP contribution in [0, 0.1) is 5.82 Å². The predicted octanol–water partition coefficient (Wildman–Crippen LogP) is 4.33. The molecular weight excluding hydrogens is 201 g/mol. The lowest BCUT2D eigenvalue weighted by Crippen LogP contribution is -2.14. The van der Waals surface area contributed by atoms with Gasteiger partial charge in [-0.15, -0.1) is 0 Å². The van der Waals surface area contributed by atoms with E-state index in [1.54, 1.807) is 12.1 Å². The van der Waals surface area contributed by atoms with Crippen LogP contribution >= 0.6 is 0 Å². The summed E-state index contributed by atoms with van der Waals surface area (Å²) in [5.41, 5.74) is 2.96. The monoisotopic (exact) mass is 219 g/mol. The van der Waals surface area contributed by atoms with Crippen molar-refractivity contribution in [3.05, 3.63) is 29.1 Å². The molecule has 0 spiro atoms. The molecule has 0 fully saturated rings. The molecule has 2 rings (SSSR count). The molecule has 0 saturated heterocycles. The minimum atomic E-state index is -0.146. The Balaban J connectivity index is 2.68. The third kappa shape index (κ3) is 1.89. The van der Waals surface area contributed by atoms with E-state index >= 15 is 0 Å². The van der Waals surface area contributed by atoms with Crippen molar-refractivity contribution in [1.29, 1.82) is 0 Å². The first-order chi connectivity index (χ1) is 7.39. The Kier molecular flexibility index (Phi) is 2.61. The van der Waals surface area contributed by atoms with Gasteiger partial charge in [-0.3, -0.25) is 4.99 Å². The summed E-state index contributed by atoms with van der Waals surface area (Å²) in [7, 11) is 0. The van der Waals surface area contributed by atoms with Gasteiger partial charge in [0.2, 0.25) is 0 Å². The lowest BCUT2D eigenvalue weighted by molar-refractivity contribution is 0.568. The van der Waals surface area contributed by atoms with Crippen LogP contribution in [-0.2, 0) is 5.41 Å². The van der Waals surface area contributed by atoms with E-state index in [-0.39, 0.29) is 11.2 Å². The van der Waals surface area contributed by atoms with Gasteiger partial charge in [-0.1, -0.05) is 27.7 Å². The summed E-state index contributed by atoms with van der Waals surface area (Å²) in [6, 6.07) is 3.25. The second-order valence-electron chi connectivity index (χ2n) is 5.59. The first kappa shape index (κ1) is 11.3. The lowest BCUT2D eigenvalue weighted by Gasteiger charge is -2.26. The van der Waals surface area contributed by atoms with Crippen molar-refractivity contribution in [3.63, 3.8) is 0 Å². The summed E-state index contributed by atoms with van der Waals surface area (Å²) in [5, 5.41) is 0. The Bertz CT molecular complexity index is 441. The molecule has 1 aromatic carbocycles. The lowest BCUT2D eigenvalue weighted by atomic mass is 9.81. The van der Waals surface area contributed by atoms with E-state index < -0.39 is 0 Å². The van der Waals surface area contributed by atoms with Crippen molar-refractivity contribution < 1.29 is 4.39 Å². The zero-order valence-corrected chi connectivity index (χ0v) is 10.3. The molecule has 86 valence electrons. The minimum Gasteiger partial charge on any atom is -0.261 e. The molecule has 0 N–H and O–H groups in total. The van der Waals surface area contributed by atoms with Crippen molar-refractivity contribution in [3.8, 4) is 0 Å². The molecule has 0 saturated carbocycles. The van der Waals surface area contributed by atoms with Gasteiger partial charge in [0.05, 0.1) is 5.69 Å². The van der Waals surface area contributed by atoms with Crippen molar-refractivity contribution >= 4 is 11.9 Å². The van der Waals surface area contributed by atoms with Gasteiger partial charge in [0, 0.05) is 6.21 Å². The summed E-state index contributed by atoms with van der Waals surface area (Å²) < 4.78 is 13.6. The van der Waals surface area contributed by atoms with E-state index in [1.807, 2.05) is 6.21 Å². The van der Waals surface area contributed by atoms with Crippen LogP contribution in [0.3, 0.4) is 0 Å². The highest BCUT2D eigenvalue weighted by Gasteiger charge is 2.24. The molecule has 1 aromatic rings. The van der Waals surface area contributed by atoms with E-state index in [4.69, 9.17) is 0 Å². The van der Waals surface area contributed by atoms with Gasteiger partial charge in [0.15, 0.2) is 0 Å². The van der Waals surface area contributed by atoms with Crippen molar-refractivity contribution in [2.45, 2.75) is 45.4 Å². The predicted molar refractivity (Wildman–Crippen MR) is 66.3 cm³/mol. The zero-order valence-electron chi connectivity index (χ0n) is 10.3. The Morgan fingerprint density at radius 2 is 2.00 bits per heavy atom. The molecule has 0 bridgehead atoms. The summed E-state index contributed by atoms with van der Waals surface area (Å²) >= 11 is 0. The van der Waals surface area contributed by atoms with Gasteiger partial charge < -0.3 is 0 Å². The second kappa shape index (κ2) is 3.69. The third-order valence-corrected chi connectivity index (χ3v) is 3.12. The highest BCUT2D eigenvalue weighted by atomic mass is 19.1. The van der Waals surface area contributed by atoms with Crippen LogP contribution in [0.15, 0.2) is 17.1 Å². The van der Waals surface area contributed by atoms with E-state index in [9.17, 15) is 4.39 Å². The number of hydrogen-bond donors (Lipinski definition) is 0. The van der Waals surface area contributed by atoms with Gasteiger partial charge in [-0.05, 0) is 41.0 Å². The maximum atomic E-state index is 13.6. The Morgan fingerprint density at radius 3 is 2.62 bits per heavy atom. The number of benzene rings is 1. The maximum absolute atomic E-state index is 13.6. The topological polar surface area (TPSA) is 12.4 Å². The Hall–Kier alpha value is -1.18. The Morgan fingerprint density at radius 1 is 1.31 bits per heavy atom. The molecule has 16 heavy (non-hydrogen) atoms. The molecule has 1 unspecified atom stereocenters. The number of rotatable bonds is 0. The van der Waals surface area contributed by atoms with Crippen LogP contribution in [0.5, 0.6) is 0 Å². The van der Waals surface area contributed by atoms with Crippen LogP contribution in [0.1, 0.15) is 51.2 Å². The fourth-order valence-electron chi connectivity index (χ4n) is 2.14. The molecule has 1 aliphatic heterocycles. The molecule has 1 atom stereocenters. The molecular formula is C14H18FN. The number of nitrogens with zero attached hydrogens (tertiary/aromatic N) is 1. The fourth-order valence-corrected chi connectivity index (χ4v) is 2.14. The number of fused-ring (bicyclic) bond motifs is 1. The average molecular weight is 219 g/mol. The van der Waals surface area contributed by atoms with Gasteiger partial charge in [-0.2, -0.15) is 0 Å². The van der Waals surface area contributed by atoms with E-state index in [2.05, 4.69) is 32.7 Å². The Labute approximate surface area is 96.4 Å². The molecule has 0 aliphatic carbocycles. The van der Waals surface area contributed by atoms with Crippen LogP contribution in [0.4, 0.5) is 10.1 Å². The minimum absolute atomic E-state index is 0.0689. The van der Waals surface area contributed by atoms with Crippen LogP contribution < -0.4 is 0 Å². The van der Waals surface area contributed by atoms with Crippen LogP contribution in [-0.4, -0.2) is 6.21 Å². The summed E-state index contributed by atoms with van der Waals surface area (Å²) in [6.07, 6.45) is 2.85. The number of aliphatic imine (C=N–C) groups is 1. The molecule has 0 radical (unpaired) electrons. The highest BCUT2D eigenvalue weighted by Crippen LogP contribution is 2.40. The first-order valence-electron chi connectivity index (χ1n) is 5.76. The largest absolute Gasteiger partial charge is 0.261 e. The van der Waals surface area contributed by atoms with Crippen molar-refractivity contribution in [1.82, 2.24) is 0 Å². The van der Waals surface area contributed by atoms with Gasteiger partial charge in [0.1, 0.15) is 5.82 Å². The molecule has 1 aliphatic rings. The zero-order chi connectivity index (χ0) is 11.9. The molecule has 1 heterocycles. The fraction of sp³-hybridized carbons (Fsp3) is 0.500. The van der Waals surface area contributed by atoms with Gasteiger partial charge in [0.25, 0.3) is 0 Å². The van der Waals surface area contributed by atoms with Gasteiger partial charge in [-0.25, -0.2) is 4.39 Å². The smallest absolute Gasteiger partial charge is 0.123 e. The van der Waals surface area contributed by atoms with Gasteiger partial charge >= 0.3 is 0 Å². The van der Waals surface area contributed by atoms with Crippen molar-refractivity contribution in [2.24, 2.45) is 4.99 Å². The molecule has 2 heteroatoms. The highest BCUT2D eigenvalue weighted by molar-refractivity contribution is 5.73. The quantitative estimate of drug-likeness (QED) is 0.615. The standard InChI is InChI=1S/C14H18FN/c1-9-5-6-16-13-11(9)7-10(15)8-12(13)14(2,3)4/h6-9H,5H2,1-4H3. The second-order valence-corrected chi connectivity index (χ2v) is 5.59. The first-order valence-corrected chi connectivity index (χ1v) is 5.76. The van der Waals surface area contributed by atoms with E-state index in [0.29, 0.717) is 5.92 Å². The van der Waals surface area contributed by atoms with Crippen LogP contribution in [0.25, 0.3) is 0 Å². The summed E-state index contributed by atoms with van der Waals surface area (Å²) in [5.74, 6) is 0.219. The van der Waals surface area contributed by atoms with Crippen LogP contribution in [0.2, 0.25) is 0 Å². The summed E-state index contributed by atoms with van der Waals surface area (Å²) in [6.45, 7) is 8.40. The molecule has 0 aromatic heterocycles.